The van der Waals surface area contributed by atoms with Gasteiger partial charge in [0, 0.05) is 30.4 Å². The lowest BCUT2D eigenvalue weighted by Gasteiger charge is -2.23. The van der Waals surface area contributed by atoms with E-state index in [2.05, 4.69) is 4.72 Å². The van der Waals surface area contributed by atoms with Crippen LogP contribution >= 0.6 is 12.4 Å². The zero-order chi connectivity index (χ0) is 19.6. The predicted octanol–water partition coefficient (Wildman–Crippen LogP) is 2.92. The number of halogens is 2. The van der Waals surface area contributed by atoms with Gasteiger partial charge < -0.3 is 10.6 Å². The number of nitrogens with one attached hydrogen (secondary N) is 1. The largest absolute Gasteiger partial charge is 0.334 e. The van der Waals surface area contributed by atoms with Gasteiger partial charge in [-0.2, -0.15) is 0 Å². The molecule has 2 aromatic rings. The highest BCUT2D eigenvalue weighted by Gasteiger charge is 2.28. The third kappa shape index (κ3) is 4.63. The van der Waals surface area contributed by atoms with Crippen LogP contribution in [0.4, 0.5) is 10.1 Å². The number of aryl methyl sites for hydroxylation is 1. The molecule has 1 amide bonds. The van der Waals surface area contributed by atoms with Crippen molar-refractivity contribution in [3.63, 3.8) is 0 Å². The van der Waals surface area contributed by atoms with E-state index in [1.165, 1.54) is 31.2 Å². The second-order valence-corrected chi connectivity index (χ2v) is 8.27. The predicted molar refractivity (Wildman–Crippen MR) is 109 cm³/mol. The van der Waals surface area contributed by atoms with Gasteiger partial charge in [-0.05, 0) is 67.8 Å². The molecule has 1 aliphatic rings. The number of carbonyl (C=O) groups is 1. The van der Waals surface area contributed by atoms with Gasteiger partial charge in [-0.15, -0.1) is 12.4 Å². The van der Waals surface area contributed by atoms with E-state index in [1.807, 2.05) is 0 Å². The summed E-state index contributed by atoms with van der Waals surface area (Å²) in [4.78, 5) is 14.4. The molecule has 152 valence electrons. The SMILES string of the molecule is Cc1cc(F)ccc1S(=O)(=O)Nc1ccc(C(=O)N2CCCC2CN)cc1.Cl. The molecule has 1 fully saturated rings. The summed E-state index contributed by atoms with van der Waals surface area (Å²) < 4.78 is 40.7. The third-order valence-electron chi connectivity index (χ3n) is 4.72. The first-order valence-corrected chi connectivity index (χ1v) is 10.2. The average molecular weight is 428 g/mol. The second-order valence-electron chi connectivity index (χ2n) is 6.62. The van der Waals surface area contributed by atoms with Crippen LogP contribution in [-0.4, -0.2) is 38.4 Å². The molecular formula is C19H23ClFN3O3S. The van der Waals surface area contributed by atoms with Crippen LogP contribution in [0.3, 0.4) is 0 Å². The maximum Gasteiger partial charge on any atom is 0.262 e. The lowest BCUT2D eigenvalue weighted by atomic mass is 10.1. The molecule has 1 unspecified atom stereocenters. The van der Waals surface area contributed by atoms with Crippen LogP contribution in [0.1, 0.15) is 28.8 Å². The maximum absolute atomic E-state index is 13.2. The van der Waals surface area contributed by atoms with Crippen molar-refractivity contribution in [1.29, 1.82) is 0 Å². The Labute approximate surface area is 170 Å². The Kier molecular flexibility index (Phi) is 7.03. The van der Waals surface area contributed by atoms with Crippen LogP contribution in [0.15, 0.2) is 47.4 Å². The van der Waals surface area contributed by atoms with Crippen molar-refractivity contribution in [2.24, 2.45) is 5.73 Å². The molecule has 3 rings (SSSR count). The Morgan fingerprint density at radius 3 is 2.54 bits per heavy atom. The molecule has 1 aliphatic heterocycles. The van der Waals surface area contributed by atoms with Crippen molar-refractivity contribution in [1.82, 2.24) is 4.90 Å². The molecule has 2 aromatic carbocycles. The molecule has 0 bridgehead atoms. The van der Waals surface area contributed by atoms with Gasteiger partial charge in [0.05, 0.1) is 4.90 Å². The number of anilines is 1. The molecule has 6 nitrogen and oxygen atoms in total. The number of nitrogens with two attached hydrogens (primary N) is 1. The molecule has 0 aromatic heterocycles. The summed E-state index contributed by atoms with van der Waals surface area (Å²) in [5.74, 6) is -0.598. The van der Waals surface area contributed by atoms with Crippen LogP contribution in [0.2, 0.25) is 0 Å². The monoisotopic (exact) mass is 427 g/mol. The van der Waals surface area contributed by atoms with Crippen molar-refractivity contribution < 1.29 is 17.6 Å². The van der Waals surface area contributed by atoms with E-state index in [9.17, 15) is 17.6 Å². The first-order valence-electron chi connectivity index (χ1n) is 8.72. The first-order chi connectivity index (χ1) is 12.8. The van der Waals surface area contributed by atoms with Crippen LogP contribution in [0, 0.1) is 12.7 Å². The standard InChI is InChI=1S/C19H22FN3O3S.ClH/c1-13-11-15(20)6-9-18(13)27(25,26)22-16-7-4-14(5-8-16)19(24)23-10-2-3-17(23)12-21;/h4-9,11,17,22H,2-3,10,12,21H2,1H3;1H. The number of hydrogen-bond donors (Lipinski definition) is 2. The fourth-order valence-electron chi connectivity index (χ4n) is 3.32. The van der Waals surface area contributed by atoms with Crippen molar-refractivity contribution in [2.45, 2.75) is 30.7 Å². The number of hydrogen-bond acceptors (Lipinski definition) is 4. The smallest absolute Gasteiger partial charge is 0.262 e. The van der Waals surface area contributed by atoms with Crippen molar-refractivity contribution in [2.75, 3.05) is 17.8 Å². The van der Waals surface area contributed by atoms with Crippen molar-refractivity contribution >= 4 is 34.0 Å². The van der Waals surface area contributed by atoms with Crippen LogP contribution < -0.4 is 10.5 Å². The Hall–Kier alpha value is -2.16. The normalized spacial score (nSPS) is 16.5. The number of carbonyl (C=O) groups excluding carboxylic acids is 1. The van der Waals surface area contributed by atoms with Gasteiger partial charge in [0.15, 0.2) is 0 Å². The number of sulfonamides is 1. The van der Waals surface area contributed by atoms with Crippen LogP contribution in [-0.2, 0) is 10.0 Å². The summed E-state index contributed by atoms with van der Waals surface area (Å²) in [5, 5.41) is 0. The van der Waals surface area contributed by atoms with Crippen LogP contribution in [0.25, 0.3) is 0 Å². The van der Waals surface area contributed by atoms with E-state index < -0.39 is 15.8 Å². The van der Waals surface area contributed by atoms with Gasteiger partial charge >= 0.3 is 0 Å². The number of nitrogens with zero attached hydrogens (tertiary/aromatic N) is 1. The number of likely N-dealkylation sites (tertiary alicyclic amines) is 1. The zero-order valence-corrected chi connectivity index (χ0v) is 17.0. The maximum atomic E-state index is 13.2. The van der Waals surface area contributed by atoms with E-state index in [4.69, 9.17) is 5.73 Å². The summed E-state index contributed by atoms with van der Waals surface area (Å²) >= 11 is 0. The minimum absolute atomic E-state index is 0. The molecule has 1 saturated heterocycles. The topological polar surface area (TPSA) is 92.5 Å². The first kappa shape index (κ1) is 22.1. The van der Waals surface area contributed by atoms with E-state index in [0.717, 1.165) is 18.9 Å². The molecule has 0 spiro atoms. The minimum Gasteiger partial charge on any atom is -0.334 e. The number of rotatable bonds is 5. The van der Waals surface area contributed by atoms with Gasteiger partial charge in [0.2, 0.25) is 0 Å². The Bertz CT molecular complexity index is 951. The lowest BCUT2D eigenvalue weighted by Crippen LogP contribution is -2.39. The van der Waals surface area contributed by atoms with E-state index in [-0.39, 0.29) is 29.3 Å². The van der Waals surface area contributed by atoms with Crippen molar-refractivity contribution in [3.8, 4) is 0 Å². The van der Waals surface area contributed by atoms with Crippen molar-refractivity contribution in [3.05, 3.63) is 59.4 Å². The Morgan fingerprint density at radius 1 is 1.25 bits per heavy atom. The summed E-state index contributed by atoms with van der Waals surface area (Å²) in [6.45, 7) is 2.64. The van der Waals surface area contributed by atoms with Gasteiger partial charge in [-0.3, -0.25) is 9.52 Å². The van der Waals surface area contributed by atoms with Gasteiger partial charge in [0.1, 0.15) is 5.82 Å². The highest BCUT2D eigenvalue weighted by molar-refractivity contribution is 7.92. The molecule has 1 atom stereocenters. The summed E-state index contributed by atoms with van der Waals surface area (Å²) in [6, 6.07) is 9.80. The van der Waals surface area contributed by atoms with Gasteiger partial charge in [0.25, 0.3) is 15.9 Å². The van der Waals surface area contributed by atoms with E-state index in [0.29, 0.717) is 29.9 Å². The lowest BCUT2D eigenvalue weighted by molar-refractivity contribution is 0.0741. The molecule has 3 N–H and O–H groups in total. The second kappa shape index (κ2) is 8.89. The van der Waals surface area contributed by atoms with E-state index >= 15 is 0 Å². The highest BCUT2D eigenvalue weighted by atomic mass is 35.5. The minimum atomic E-state index is -3.85. The third-order valence-corrected chi connectivity index (χ3v) is 6.26. The molecule has 28 heavy (non-hydrogen) atoms. The molecular weight excluding hydrogens is 405 g/mol. The fraction of sp³-hybridized carbons (Fsp3) is 0.316. The van der Waals surface area contributed by atoms with Crippen LogP contribution in [0.5, 0.6) is 0 Å². The molecule has 0 aliphatic carbocycles. The average Bonchev–Trinajstić information content (AvgIpc) is 3.09. The molecule has 1 heterocycles. The quantitative estimate of drug-likeness (QED) is 0.767. The number of amides is 1. The zero-order valence-electron chi connectivity index (χ0n) is 15.4. The van der Waals surface area contributed by atoms with Gasteiger partial charge in [-0.1, -0.05) is 0 Å². The van der Waals surface area contributed by atoms with Gasteiger partial charge in [-0.25, -0.2) is 12.8 Å². The Morgan fingerprint density at radius 2 is 1.93 bits per heavy atom. The fourth-order valence-corrected chi connectivity index (χ4v) is 4.61. The van der Waals surface area contributed by atoms with E-state index in [1.54, 1.807) is 17.0 Å². The molecule has 0 radical (unpaired) electrons. The summed E-state index contributed by atoms with van der Waals surface area (Å²) in [7, 11) is -3.85. The molecule has 0 saturated carbocycles. The highest BCUT2D eigenvalue weighted by Crippen LogP contribution is 2.23. The summed E-state index contributed by atoms with van der Waals surface area (Å²) in [6.07, 6.45) is 1.83. The molecule has 9 heteroatoms. The Balaban J connectivity index is 0.00000280. The number of benzene rings is 2. The summed E-state index contributed by atoms with van der Waals surface area (Å²) in [5.41, 5.74) is 6.84.